The zero-order valence-corrected chi connectivity index (χ0v) is 14.0. The minimum atomic E-state index is -0.147. The van der Waals surface area contributed by atoms with Crippen molar-refractivity contribution in [2.24, 2.45) is 17.8 Å². The molecule has 1 aromatic rings. The van der Waals surface area contributed by atoms with Crippen LogP contribution in [0.15, 0.2) is 24.3 Å². The van der Waals surface area contributed by atoms with Crippen LogP contribution in [0.1, 0.15) is 43.2 Å². The molecular weight excluding hydrogens is 284 g/mol. The second-order valence-electron chi connectivity index (χ2n) is 7.67. The van der Waals surface area contributed by atoms with Crippen molar-refractivity contribution in [1.82, 2.24) is 4.90 Å². The lowest BCUT2D eigenvalue weighted by atomic mass is 9.62. The molecular formula is C20H26N2O. The van der Waals surface area contributed by atoms with Crippen LogP contribution in [0.5, 0.6) is 0 Å². The van der Waals surface area contributed by atoms with E-state index in [-0.39, 0.29) is 5.60 Å². The van der Waals surface area contributed by atoms with Gasteiger partial charge in [0.1, 0.15) is 5.60 Å². The molecule has 1 saturated heterocycles. The van der Waals surface area contributed by atoms with Gasteiger partial charge in [-0.3, -0.25) is 0 Å². The van der Waals surface area contributed by atoms with Gasteiger partial charge in [0.05, 0.1) is 11.6 Å². The van der Waals surface area contributed by atoms with E-state index in [0.717, 1.165) is 11.5 Å². The quantitative estimate of drug-likeness (QED) is 0.853. The summed E-state index contributed by atoms with van der Waals surface area (Å²) < 4.78 is 6.26. The van der Waals surface area contributed by atoms with Gasteiger partial charge in [-0.25, -0.2) is 0 Å². The molecule has 1 aliphatic heterocycles. The van der Waals surface area contributed by atoms with Crippen LogP contribution in [-0.2, 0) is 10.3 Å². The average molecular weight is 310 g/mol. The van der Waals surface area contributed by atoms with E-state index < -0.39 is 0 Å². The number of nitriles is 1. The molecule has 0 N–H and O–H groups in total. The molecule has 4 rings (SSSR count). The summed E-state index contributed by atoms with van der Waals surface area (Å²) in [5, 5.41) is 9.06. The van der Waals surface area contributed by atoms with Gasteiger partial charge in [0.25, 0.3) is 0 Å². The molecule has 3 atom stereocenters. The number of hydrogen-bond donors (Lipinski definition) is 0. The standard InChI is InChI=1S/C20H26N2O/c1-23-20(17-9-7-15(11-21)8-10-17)18-3-2-4-19(20)14-22(13-18)12-16-5-6-16/h7-10,16,18-19H,2-6,12-14H2,1H3/t18-,19+,20-. The maximum Gasteiger partial charge on any atom is 0.101 e. The lowest BCUT2D eigenvalue weighted by Gasteiger charge is -2.55. The predicted octanol–water partition coefficient (Wildman–Crippen LogP) is 3.54. The van der Waals surface area contributed by atoms with Gasteiger partial charge in [0.15, 0.2) is 0 Å². The number of rotatable bonds is 4. The van der Waals surface area contributed by atoms with Crippen molar-refractivity contribution in [2.45, 2.75) is 37.7 Å². The molecule has 3 heteroatoms. The summed E-state index contributed by atoms with van der Waals surface area (Å²) in [6, 6.07) is 10.4. The number of likely N-dealkylation sites (tertiary alicyclic amines) is 1. The highest BCUT2D eigenvalue weighted by atomic mass is 16.5. The maximum absolute atomic E-state index is 9.06. The first-order valence-electron chi connectivity index (χ1n) is 9.04. The number of hydrogen-bond acceptors (Lipinski definition) is 3. The molecule has 3 nitrogen and oxygen atoms in total. The fourth-order valence-electron chi connectivity index (χ4n) is 5.07. The Kier molecular flexibility index (Phi) is 3.91. The second kappa shape index (κ2) is 5.92. The van der Waals surface area contributed by atoms with Gasteiger partial charge >= 0.3 is 0 Å². The third-order valence-corrected chi connectivity index (χ3v) is 6.29. The van der Waals surface area contributed by atoms with Crippen molar-refractivity contribution >= 4 is 0 Å². The molecule has 122 valence electrons. The first kappa shape index (κ1) is 15.2. The molecule has 0 aromatic heterocycles. The highest BCUT2D eigenvalue weighted by Crippen LogP contribution is 2.51. The summed E-state index contributed by atoms with van der Waals surface area (Å²) in [5.74, 6) is 2.11. The molecule has 0 spiro atoms. The van der Waals surface area contributed by atoms with Gasteiger partial charge in [-0.05, 0) is 49.3 Å². The van der Waals surface area contributed by atoms with Crippen LogP contribution in [0.3, 0.4) is 0 Å². The average Bonchev–Trinajstić information content (AvgIpc) is 3.38. The molecule has 0 radical (unpaired) electrons. The van der Waals surface area contributed by atoms with Gasteiger partial charge in [0.2, 0.25) is 0 Å². The Morgan fingerprint density at radius 2 is 1.78 bits per heavy atom. The van der Waals surface area contributed by atoms with Crippen molar-refractivity contribution < 1.29 is 4.74 Å². The van der Waals surface area contributed by atoms with E-state index in [4.69, 9.17) is 10.00 Å². The molecule has 1 aromatic carbocycles. The van der Waals surface area contributed by atoms with Crippen LogP contribution in [0.25, 0.3) is 0 Å². The summed E-state index contributed by atoms with van der Waals surface area (Å²) in [6.45, 7) is 3.63. The predicted molar refractivity (Wildman–Crippen MR) is 89.8 cm³/mol. The highest BCUT2D eigenvalue weighted by Gasteiger charge is 2.53. The van der Waals surface area contributed by atoms with E-state index in [1.807, 2.05) is 19.2 Å². The third kappa shape index (κ3) is 2.58. The fourth-order valence-corrected chi connectivity index (χ4v) is 5.07. The van der Waals surface area contributed by atoms with Gasteiger partial charge in [-0.2, -0.15) is 5.26 Å². The normalized spacial score (nSPS) is 34.1. The summed E-state index contributed by atoms with van der Waals surface area (Å²) in [4.78, 5) is 2.70. The summed E-state index contributed by atoms with van der Waals surface area (Å²) >= 11 is 0. The Labute approximate surface area is 139 Å². The zero-order valence-electron chi connectivity index (χ0n) is 14.0. The van der Waals surface area contributed by atoms with Crippen LogP contribution in [0, 0.1) is 29.1 Å². The number of methoxy groups -OCH3 is 1. The SMILES string of the molecule is CO[C@]1(c2ccc(C#N)cc2)[C@@H]2CCC[C@H]1CN(CC1CC1)C2. The largest absolute Gasteiger partial charge is 0.373 e. The second-order valence-corrected chi connectivity index (χ2v) is 7.67. The topological polar surface area (TPSA) is 36.3 Å². The minimum absolute atomic E-state index is 0.147. The molecule has 2 saturated carbocycles. The van der Waals surface area contributed by atoms with Crippen molar-refractivity contribution in [3.63, 3.8) is 0 Å². The Morgan fingerprint density at radius 3 is 2.30 bits per heavy atom. The zero-order chi connectivity index (χ0) is 15.9. The fraction of sp³-hybridized carbons (Fsp3) is 0.650. The number of nitrogens with zero attached hydrogens (tertiary/aromatic N) is 2. The van der Waals surface area contributed by atoms with Crippen LogP contribution in [0.2, 0.25) is 0 Å². The van der Waals surface area contributed by atoms with E-state index in [9.17, 15) is 0 Å². The van der Waals surface area contributed by atoms with Crippen molar-refractivity contribution in [1.29, 1.82) is 5.26 Å². The smallest absolute Gasteiger partial charge is 0.101 e. The number of fused-ring (bicyclic) bond motifs is 2. The third-order valence-electron chi connectivity index (χ3n) is 6.29. The summed E-state index contributed by atoms with van der Waals surface area (Å²) in [7, 11) is 1.89. The van der Waals surface area contributed by atoms with Crippen molar-refractivity contribution in [2.75, 3.05) is 26.7 Å². The van der Waals surface area contributed by atoms with E-state index in [1.54, 1.807) is 0 Å². The Hall–Kier alpha value is -1.37. The van der Waals surface area contributed by atoms with Crippen LogP contribution >= 0.6 is 0 Å². The lowest BCUT2D eigenvalue weighted by molar-refractivity contribution is -0.169. The monoisotopic (exact) mass is 310 g/mol. The minimum Gasteiger partial charge on any atom is -0.373 e. The van der Waals surface area contributed by atoms with Crippen LogP contribution in [0.4, 0.5) is 0 Å². The number of ether oxygens (including phenoxy) is 1. The van der Waals surface area contributed by atoms with Crippen molar-refractivity contribution in [3.05, 3.63) is 35.4 Å². The van der Waals surface area contributed by atoms with Crippen molar-refractivity contribution in [3.8, 4) is 6.07 Å². The molecule has 0 amide bonds. The summed E-state index contributed by atoms with van der Waals surface area (Å²) in [5.41, 5.74) is 1.86. The molecule has 2 aliphatic carbocycles. The van der Waals surface area contributed by atoms with Gasteiger partial charge in [-0.1, -0.05) is 18.6 Å². The molecule has 0 unspecified atom stereocenters. The van der Waals surface area contributed by atoms with E-state index in [0.29, 0.717) is 11.8 Å². The Balaban J connectivity index is 1.64. The van der Waals surface area contributed by atoms with E-state index in [1.165, 1.54) is 57.3 Å². The maximum atomic E-state index is 9.06. The first-order chi connectivity index (χ1) is 11.3. The van der Waals surface area contributed by atoms with Crippen LogP contribution < -0.4 is 0 Å². The lowest BCUT2D eigenvalue weighted by Crippen LogP contribution is -2.59. The number of benzene rings is 1. The molecule has 23 heavy (non-hydrogen) atoms. The molecule has 1 heterocycles. The molecule has 2 bridgehead atoms. The Bertz CT molecular complexity index is 585. The van der Waals surface area contributed by atoms with Gasteiger partial charge in [-0.15, -0.1) is 0 Å². The number of piperidine rings is 1. The van der Waals surface area contributed by atoms with E-state index in [2.05, 4.69) is 23.1 Å². The Morgan fingerprint density at radius 1 is 1.13 bits per heavy atom. The highest BCUT2D eigenvalue weighted by molar-refractivity contribution is 5.36. The van der Waals surface area contributed by atoms with Crippen LogP contribution in [-0.4, -0.2) is 31.6 Å². The summed E-state index contributed by atoms with van der Waals surface area (Å²) in [6.07, 6.45) is 6.69. The first-order valence-corrected chi connectivity index (χ1v) is 9.04. The van der Waals surface area contributed by atoms with E-state index >= 15 is 0 Å². The van der Waals surface area contributed by atoms with Gasteiger partial charge in [0, 0.05) is 38.6 Å². The van der Waals surface area contributed by atoms with Gasteiger partial charge < -0.3 is 9.64 Å². The molecule has 3 fully saturated rings. The molecule has 3 aliphatic rings.